The lowest BCUT2D eigenvalue weighted by atomic mass is 10.2. The second-order valence-corrected chi connectivity index (χ2v) is 6.29. The molecular formula is C17H13N5O4S. The molecule has 10 heteroatoms. The Kier molecular flexibility index (Phi) is 5.47. The van der Waals surface area contributed by atoms with Gasteiger partial charge in [-0.2, -0.15) is 0 Å². The van der Waals surface area contributed by atoms with Crippen molar-refractivity contribution in [3.8, 4) is 10.6 Å². The van der Waals surface area contributed by atoms with E-state index in [2.05, 4.69) is 20.8 Å². The fourth-order valence-corrected chi connectivity index (χ4v) is 2.92. The number of anilines is 1. The summed E-state index contributed by atoms with van der Waals surface area (Å²) in [6.07, 6.45) is 0. The van der Waals surface area contributed by atoms with Gasteiger partial charge in [0.15, 0.2) is 0 Å². The van der Waals surface area contributed by atoms with E-state index in [1.54, 1.807) is 0 Å². The first-order chi connectivity index (χ1) is 13.0. The number of nitrogens with zero attached hydrogens (tertiary/aromatic N) is 3. The van der Waals surface area contributed by atoms with E-state index in [0.29, 0.717) is 10.1 Å². The van der Waals surface area contributed by atoms with Gasteiger partial charge in [0.25, 0.3) is 11.6 Å². The second-order valence-electron chi connectivity index (χ2n) is 5.32. The van der Waals surface area contributed by atoms with Crippen LogP contribution in [0.25, 0.3) is 10.6 Å². The molecule has 0 spiro atoms. The lowest BCUT2D eigenvalue weighted by Gasteiger charge is -2.04. The van der Waals surface area contributed by atoms with Crippen molar-refractivity contribution in [2.45, 2.75) is 0 Å². The number of hydrogen-bond acceptors (Lipinski definition) is 7. The molecule has 1 heterocycles. The van der Waals surface area contributed by atoms with Crippen LogP contribution in [0.2, 0.25) is 0 Å². The summed E-state index contributed by atoms with van der Waals surface area (Å²) >= 11 is 1.21. The summed E-state index contributed by atoms with van der Waals surface area (Å²) in [6, 6.07) is 14.6. The Hall–Kier alpha value is -3.66. The highest BCUT2D eigenvalue weighted by atomic mass is 32.1. The minimum atomic E-state index is -0.594. The number of nitro groups is 1. The maximum atomic E-state index is 12.0. The van der Waals surface area contributed by atoms with Crippen LogP contribution in [0.15, 0.2) is 54.6 Å². The summed E-state index contributed by atoms with van der Waals surface area (Å²) in [7, 11) is 0. The van der Waals surface area contributed by atoms with Crippen molar-refractivity contribution in [2.24, 2.45) is 0 Å². The van der Waals surface area contributed by atoms with E-state index >= 15 is 0 Å². The van der Waals surface area contributed by atoms with Crippen molar-refractivity contribution in [3.63, 3.8) is 0 Å². The Morgan fingerprint density at radius 1 is 1.07 bits per heavy atom. The zero-order valence-electron chi connectivity index (χ0n) is 13.8. The molecule has 2 amide bonds. The standard InChI is InChI=1S/C17H13N5O4S/c23-14(10-18-15(24)12-7-4-8-13(9-12)22(25)26)19-17-21-20-16(27-17)11-5-2-1-3-6-11/h1-9H,10H2,(H,18,24)(H,19,21,23). The van der Waals surface area contributed by atoms with Gasteiger partial charge in [-0.25, -0.2) is 0 Å². The number of rotatable bonds is 6. The van der Waals surface area contributed by atoms with Crippen LogP contribution >= 0.6 is 11.3 Å². The Balaban J connectivity index is 1.56. The van der Waals surface area contributed by atoms with Crippen LogP contribution < -0.4 is 10.6 Å². The second kappa shape index (κ2) is 8.15. The molecule has 1 aromatic heterocycles. The molecule has 9 nitrogen and oxygen atoms in total. The zero-order valence-corrected chi connectivity index (χ0v) is 14.6. The third-order valence-corrected chi connectivity index (χ3v) is 4.31. The SMILES string of the molecule is O=C(CNC(=O)c1cccc([N+](=O)[O-])c1)Nc1nnc(-c2ccccc2)s1. The highest BCUT2D eigenvalue weighted by Gasteiger charge is 2.14. The lowest BCUT2D eigenvalue weighted by molar-refractivity contribution is -0.384. The summed E-state index contributed by atoms with van der Waals surface area (Å²) in [4.78, 5) is 34.2. The first-order valence-corrected chi connectivity index (χ1v) is 8.56. The van der Waals surface area contributed by atoms with Crippen molar-refractivity contribution < 1.29 is 14.5 Å². The number of amides is 2. The Morgan fingerprint density at radius 3 is 2.59 bits per heavy atom. The largest absolute Gasteiger partial charge is 0.343 e. The van der Waals surface area contributed by atoms with Crippen molar-refractivity contribution in [3.05, 3.63) is 70.3 Å². The Labute approximate surface area is 157 Å². The molecule has 3 rings (SSSR count). The molecule has 136 valence electrons. The van der Waals surface area contributed by atoms with Crippen molar-refractivity contribution >= 4 is 34.0 Å². The van der Waals surface area contributed by atoms with E-state index in [1.807, 2.05) is 30.3 Å². The van der Waals surface area contributed by atoms with Gasteiger partial charge < -0.3 is 5.32 Å². The number of non-ortho nitro benzene ring substituents is 1. The normalized spacial score (nSPS) is 10.2. The monoisotopic (exact) mass is 383 g/mol. The van der Waals surface area contributed by atoms with Crippen LogP contribution in [0.1, 0.15) is 10.4 Å². The molecule has 2 N–H and O–H groups in total. The number of carbonyl (C=O) groups is 2. The van der Waals surface area contributed by atoms with Crippen molar-refractivity contribution in [2.75, 3.05) is 11.9 Å². The third-order valence-electron chi connectivity index (χ3n) is 3.42. The van der Waals surface area contributed by atoms with Crippen LogP contribution in [0.3, 0.4) is 0 Å². The molecule has 0 radical (unpaired) electrons. The van der Waals surface area contributed by atoms with E-state index in [0.717, 1.165) is 11.6 Å². The highest BCUT2D eigenvalue weighted by molar-refractivity contribution is 7.18. The lowest BCUT2D eigenvalue weighted by Crippen LogP contribution is -2.32. The molecule has 0 atom stereocenters. The van der Waals surface area contributed by atoms with E-state index in [-0.39, 0.29) is 17.8 Å². The van der Waals surface area contributed by atoms with Crippen LogP contribution in [-0.2, 0) is 4.79 Å². The summed E-state index contributed by atoms with van der Waals surface area (Å²) < 4.78 is 0. The Bertz CT molecular complexity index is 990. The number of carbonyl (C=O) groups excluding carboxylic acids is 2. The van der Waals surface area contributed by atoms with Gasteiger partial charge in [0.05, 0.1) is 11.5 Å². The Morgan fingerprint density at radius 2 is 1.85 bits per heavy atom. The molecule has 0 saturated carbocycles. The molecule has 0 saturated heterocycles. The van der Waals surface area contributed by atoms with Gasteiger partial charge in [-0.3, -0.25) is 25.0 Å². The first kappa shape index (κ1) is 18.1. The van der Waals surface area contributed by atoms with E-state index in [4.69, 9.17) is 0 Å². The number of hydrogen-bond donors (Lipinski definition) is 2. The maximum Gasteiger partial charge on any atom is 0.270 e. The summed E-state index contributed by atoms with van der Waals surface area (Å²) in [5.74, 6) is -1.07. The van der Waals surface area contributed by atoms with Gasteiger partial charge in [0.1, 0.15) is 5.01 Å². The number of nitrogens with one attached hydrogen (secondary N) is 2. The molecule has 3 aromatic rings. The predicted molar refractivity (Wildman–Crippen MR) is 99.4 cm³/mol. The molecule has 2 aromatic carbocycles. The van der Waals surface area contributed by atoms with Crippen LogP contribution in [0.5, 0.6) is 0 Å². The van der Waals surface area contributed by atoms with Gasteiger partial charge in [-0.05, 0) is 6.07 Å². The van der Waals surface area contributed by atoms with Gasteiger partial charge in [-0.1, -0.05) is 47.7 Å². The van der Waals surface area contributed by atoms with Gasteiger partial charge in [0, 0.05) is 23.3 Å². The van der Waals surface area contributed by atoms with Crippen molar-refractivity contribution in [1.82, 2.24) is 15.5 Å². The molecule has 0 fully saturated rings. The average Bonchev–Trinajstić information content (AvgIpc) is 3.15. The van der Waals surface area contributed by atoms with Crippen LogP contribution in [0.4, 0.5) is 10.8 Å². The molecular weight excluding hydrogens is 370 g/mol. The summed E-state index contributed by atoms with van der Waals surface area (Å²) in [6.45, 7) is -0.304. The highest BCUT2D eigenvalue weighted by Crippen LogP contribution is 2.25. The summed E-state index contributed by atoms with van der Waals surface area (Å²) in [5.41, 5.74) is 0.781. The fourth-order valence-electron chi connectivity index (χ4n) is 2.16. The first-order valence-electron chi connectivity index (χ1n) is 7.74. The molecule has 0 unspecified atom stereocenters. The minimum absolute atomic E-state index is 0.0966. The topological polar surface area (TPSA) is 127 Å². The predicted octanol–water partition coefficient (Wildman–Crippen LogP) is 2.48. The zero-order chi connectivity index (χ0) is 19.2. The van der Waals surface area contributed by atoms with Gasteiger partial charge >= 0.3 is 0 Å². The quantitative estimate of drug-likeness (QED) is 0.497. The summed E-state index contributed by atoms with van der Waals surface area (Å²) in [5, 5.41) is 24.6. The van der Waals surface area contributed by atoms with Gasteiger partial charge in [-0.15, -0.1) is 10.2 Å². The molecule has 0 bridgehead atoms. The third kappa shape index (κ3) is 4.70. The van der Waals surface area contributed by atoms with E-state index < -0.39 is 16.7 Å². The minimum Gasteiger partial charge on any atom is -0.343 e. The molecule has 27 heavy (non-hydrogen) atoms. The molecule has 0 aliphatic carbocycles. The smallest absolute Gasteiger partial charge is 0.270 e. The van der Waals surface area contributed by atoms with Crippen molar-refractivity contribution in [1.29, 1.82) is 0 Å². The van der Waals surface area contributed by atoms with Gasteiger partial charge in [0.2, 0.25) is 11.0 Å². The number of aromatic nitrogens is 2. The molecule has 0 aliphatic heterocycles. The maximum absolute atomic E-state index is 12.0. The van der Waals surface area contributed by atoms with Crippen LogP contribution in [0, 0.1) is 10.1 Å². The van der Waals surface area contributed by atoms with Crippen LogP contribution in [-0.4, -0.2) is 33.5 Å². The van der Waals surface area contributed by atoms with E-state index in [9.17, 15) is 19.7 Å². The van der Waals surface area contributed by atoms with E-state index in [1.165, 1.54) is 29.5 Å². The number of benzene rings is 2. The molecule has 0 aliphatic rings. The number of nitro benzene ring substituents is 1. The fraction of sp³-hybridized carbons (Fsp3) is 0.0588. The average molecular weight is 383 g/mol.